The summed E-state index contributed by atoms with van der Waals surface area (Å²) >= 11 is 0. The molecule has 0 heterocycles. The van der Waals surface area contributed by atoms with Gasteiger partial charge in [0.2, 0.25) is 5.91 Å². The van der Waals surface area contributed by atoms with Gasteiger partial charge in [-0.05, 0) is 56.4 Å². The maximum Gasteiger partial charge on any atom is 0.306 e. The third kappa shape index (κ3) is 6.17. The summed E-state index contributed by atoms with van der Waals surface area (Å²) < 4.78 is 5.48. The van der Waals surface area contributed by atoms with Crippen molar-refractivity contribution < 1.29 is 24.2 Å². The van der Waals surface area contributed by atoms with Gasteiger partial charge in [0.1, 0.15) is 5.75 Å². The van der Waals surface area contributed by atoms with E-state index in [1.165, 1.54) is 0 Å². The third-order valence-electron chi connectivity index (χ3n) is 4.67. The third-order valence-corrected chi connectivity index (χ3v) is 4.67. The molecule has 6 heteroatoms. The van der Waals surface area contributed by atoms with Gasteiger partial charge >= 0.3 is 5.97 Å². The standard InChI is InChI=1S/C20H27NO5/c1-2-13-26-17-9-5-14(6-10-17)18(22)11-12-19(23)21-16-7-3-15(4-8-16)20(24)25/h5-6,9-10,15-16H,2-4,7-8,11-13H2,1H3,(H,21,23)(H,24,25). The number of aliphatic carboxylic acids is 1. The van der Waals surface area contributed by atoms with Gasteiger partial charge in [-0.1, -0.05) is 6.92 Å². The highest BCUT2D eigenvalue weighted by atomic mass is 16.5. The maximum atomic E-state index is 12.2. The number of carbonyl (C=O) groups is 3. The Morgan fingerprint density at radius 1 is 1.08 bits per heavy atom. The van der Waals surface area contributed by atoms with Crippen molar-refractivity contribution in [1.82, 2.24) is 5.32 Å². The number of carboxylic acid groups (broad SMARTS) is 1. The largest absolute Gasteiger partial charge is 0.494 e. The van der Waals surface area contributed by atoms with Crippen LogP contribution in [-0.2, 0) is 9.59 Å². The Morgan fingerprint density at radius 3 is 2.31 bits per heavy atom. The van der Waals surface area contributed by atoms with Crippen molar-refractivity contribution in [3.8, 4) is 5.75 Å². The number of rotatable bonds is 9. The molecule has 0 radical (unpaired) electrons. The molecular weight excluding hydrogens is 334 g/mol. The first-order valence-electron chi connectivity index (χ1n) is 9.27. The summed E-state index contributed by atoms with van der Waals surface area (Å²) in [7, 11) is 0. The van der Waals surface area contributed by atoms with Crippen molar-refractivity contribution in [2.45, 2.75) is 57.9 Å². The molecule has 142 valence electrons. The molecular formula is C20H27NO5. The summed E-state index contributed by atoms with van der Waals surface area (Å²) in [5, 5.41) is 11.9. The summed E-state index contributed by atoms with van der Waals surface area (Å²) in [5.74, 6) is -0.546. The summed E-state index contributed by atoms with van der Waals surface area (Å²) in [6.07, 6.45) is 3.76. The number of carbonyl (C=O) groups excluding carboxylic acids is 2. The van der Waals surface area contributed by atoms with Crippen LogP contribution in [0.1, 0.15) is 62.2 Å². The second-order valence-corrected chi connectivity index (χ2v) is 6.75. The van der Waals surface area contributed by atoms with Crippen LogP contribution >= 0.6 is 0 Å². The molecule has 0 saturated heterocycles. The Bertz CT molecular complexity index is 618. The number of ether oxygens (including phenoxy) is 1. The monoisotopic (exact) mass is 361 g/mol. The van der Waals surface area contributed by atoms with E-state index >= 15 is 0 Å². The van der Waals surface area contributed by atoms with Crippen LogP contribution in [0.2, 0.25) is 0 Å². The number of ketones is 1. The average Bonchev–Trinajstić information content (AvgIpc) is 2.65. The SMILES string of the molecule is CCCOc1ccc(C(=O)CCC(=O)NC2CCC(C(=O)O)CC2)cc1. The molecule has 0 bridgehead atoms. The molecule has 2 N–H and O–H groups in total. The predicted molar refractivity (Wildman–Crippen MR) is 97.3 cm³/mol. The highest BCUT2D eigenvalue weighted by molar-refractivity contribution is 5.98. The molecule has 1 fully saturated rings. The minimum absolute atomic E-state index is 0.0169. The molecule has 1 aromatic rings. The summed E-state index contributed by atoms with van der Waals surface area (Å²) in [6.45, 7) is 2.67. The van der Waals surface area contributed by atoms with Crippen molar-refractivity contribution in [3.63, 3.8) is 0 Å². The fraction of sp³-hybridized carbons (Fsp3) is 0.550. The molecule has 6 nitrogen and oxygen atoms in total. The Balaban J connectivity index is 1.71. The quantitative estimate of drug-likeness (QED) is 0.659. The van der Waals surface area contributed by atoms with Gasteiger partial charge in [-0.25, -0.2) is 0 Å². The Morgan fingerprint density at radius 2 is 1.73 bits per heavy atom. The van der Waals surface area contributed by atoms with Crippen LogP contribution in [-0.4, -0.2) is 35.4 Å². The second kappa shape index (κ2) is 9.94. The molecule has 1 amide bonds. The molecule has 1 aliphatic carbocycles. The van der Waals surface area contributed by atoms with Crippen molar-refractivity contribution in [2.75, 3.05) is 6.61 Å². The van der Waals surface area contributed by atoms with Gasteiger partial charge in [-0.2, -0.15) is 0 Å². The normalized spacial score (nSPS) is 19.6. The minimum atomic E-state index is -0.758. The van der Waals surface area contributed by atoms with Gasteiger partial charge in [0.25, 0.3) is 0 Å². The van der Waals surface area contributed by atoms with Gasteiger partial charge in [-0.15, -0.1) is 0 Å². The van der Waals surface area contributed by atoms with Crippen molar-refractivity contribution in [3.05, 3.63) is 29.8 Å². The molecule has 0 atom stereocenters. The van der Waals surface area contributed by atoms with Crippen LogP contribution < -0.4 is 10.1 Å². The smallest absolute Gasteiger partial charge is 0.306 e. The first-order valence-corrected chi connectivity index (χ1v) is 9.27. The van der Waals surface area contributed by atoms with Gasteiger partial charge in [0, 0.05) is 24.4 Å². The minimum Gasteiger partial charge on any atom is -0.494 e. The van der Waals surface area contributed by atoms with E-state index in [0.717, 1.165) is 12.2 Å². The van der Waals surface area contributed by atoms with Crippen LogP contribution in [0, 0.1) is 5.92 Å². The lowest BCUT2D eigenvalue weighted by atomic mass is 9.86. The molecule has 1 aliphatic rings. The van der Waals surface area contributed by atoms with E-state index in [-0.39, 0.29) is 36.5 Å². The average molecular weight is 361 g/mol. The zero-order valence-electron chi connectivity index (χ0n) is 15.2. The number of hydrogen-bond donors (Lipinski definition) is 2. The molecule has 0 unspecified atom stereocenters. The Hall–Kier alpha value is -2.37. The molecule has 0 spiro atoms. The van der Waals surface area contributed by atoms with Gasteiger partial charge in [0.05, 0.1) is 12.5 Å². The van der Waals surface area contributed by atoms with Crippen LogP contribution in [0.5, 0.6) is 5.75 Å². The van der Waals surface area contributed by atoms with Crippen LogP contribution in [0.15, 0.2) is 24.3 Å². The number of nitrogens with one attached hydrogen (secondary N) is 1. The van der Waals surface area contributed by atoms with E-state index < -0.39 is 5.97 Å². The lowest BCUT2D eigenvalue weighted by molar-refractivity contribution is -0.142. The lowest BCUT2D eigenvalue weighted by Crippen LogP contribution is -2.38. The fourth-order valence-corrected chi connectivity index (χ4v) is 3.11. The van der Waals surface area contributed by atoms with E-state index in [0.29, 0.717) is 37.9 Å². The summed E-state index contributed by atoms with van der Waals surface area (Å²) in [6, 6.07) is 6.99. The lowest BCUT2D eigenvalue weighted by Gasteiger charge is -2.26. The Labute approximate surface area is 153 Å². The number of benzene rings is 1. The molecule has 26 heavy (non-hydrogen) atoms. The fourth-order valence-electron chi connectivity index (χ4n) is 3.11. The van der Waals surface area contributed by atoms with Crippen molar-refractivity contribution in [1.29, 1.82) is 0 Å². The molecule has 0 aromatic heterocycles. The topological polar surface area (TPSA) is 92.7 Å². The van der Waals surface area contributed by atoms with E-state index in [9.17, 15) is 14.4 Å². The van der Waals surface area contributed by atoms with Crippen LogP contribution in [0.4, 0.5) is 0 Å². The van der Waals surface area contributed by atoms with E-state index in [2.05, 4.69) is 5.32 Å². The molecule has 0 aliphatic heterocycles. The van der Waals surface area contributed by atoms with Gasteiger partial charge in [-0.3, -0.25) is 14.4 Å². The maximum absolute atomic E-state index is 12.2. The first kappa shape index (κ1) is 19.9. The van der Waals surface area contributed by atoms with E-state index in [1.54, 1.807) is 24.3 Å². The molecule has 2 rings (SSSR count). The summed E-state index contributed by atoms with van der Waals surface area (Å²) in [4.78, 5) is 35.2. The first-order chi connectivity index (χ1) is 12.5. The Kier molecular flexibility index (Phi) is 7.63. The highest BCUT2D eigenvalue weighted by Crippen LogP contribution is 2.24. The number of Topliss-reactive ketones (excluding diaryl/α,β-unsaturated/α-hetero) is 1. The number of carboxylic acids is 1. The van der Waals surface area contributed by atoms with Crippen LogP contribution in [0.3, 0.4) is 0 Å². The predicted octanol–water partition coefficient (Wildman–Crippen LogP) is 3.20. The number of amides is 1. The summed E-state index contributed by atoms with van der Waals surface area (Å²) in [5.41, 5.74) is 0.573. The van der Waals surface area contributed by atoms with E-state index in [4.69, 9.17) is 9.84 Å². The zero-order valence-corrected chi connectivity index (χ0v) is 15.2. The number of hydrogen-bond acceptors (Lipinski definition) is 4. The van der Waals surface area contributed by atoms with Gasteiger partial charge < -0.3 is 15.2 Å². The zero-order chi connectivity index (χ0) is 18.9. The van der Waals surface area contributed by atoms with Crippen molar-refractivity contribution in [2.24, 2.45) is 5.92 Å². The van der Waals surface area contributed by atoms with Crippen LogP contribution in [0.25, 0.3) is 0 Å². The molecule has 1 aromatic carbocycles. The highest BCUT2D eigenvalue weighted by Gasteiger charge is 2.26. The van der Waals surface area contributed by atoms with Gasteiger partial charge in [0.15, 0.2) is 5.78 Å². The van der Waals surface area contributed by atoms with Crippen molar-refractivity contribution >= 4 is 17.7 Å². The van der Waals surface area contributed by atoms with E-state index in [1.807, 2.05) is 6.92 Å². The molecule has 1 saturated carbocycles. The second-order valence-electron chi connectivity index (χ2n) is 6.75.